The van der Waals surface area contributed by atoms with Crippen LogP contribution in [0.1, 0.15) is 43.0 Å². The third-order valence-electron chi connectivity index (χ3n) is 3.88. The Kier molecular flexibility index (Phi) is 8.09. The predicted octanol–water partition coefficient (Wildman–Crippen LogP) is 5.51. The quantitative estimate of drug-likeness (QED) is 0.464. The van der Waals surface area contributed by atoms with E-state index < -0.39 is 7.60 Å². The molecule has 24 heavy (non-hydrogen) atoms. The maximum Gasteiger partial charge on any atom is 0.335 e. The zero-order valence-corrected chi connectivity index (χ0v) is 17.4. The lowest BCUT2D eigenvalue weighted by Crippen LogP contribution is -2.14. The number of phenols is 1. The molecule has 7 heteroatoms. The fourth-order valence-electron chi connectivity index (χ4n) is 2.39. The number of hydrogen-bond acceptors (Lipinski definition) is 4. The zero-order chi connectivity index (χ0) is 18.5. The molecule has 0 aliphatic carbocycles. The summed E-state index contributed by atoms with van der Waals surface area (Å²) in [5, 5.41) is 10.5. The van der Waals surface area contributed by atoms with Gasteiger partial charge < -0.3 is 14.2 Å². The Morgan fingerprint density at radius 2 is 1.58 bits per heavy atom. The molecule has 0 amide bonds. The smallest absolute Gasteiger partial charge is 0.335 e. The summed E-state index contributed by atoms with van der Waals surface area (Å²) < 4.78 is 23.8. The molecule has 0 aromatic heterocycles. The molecular weight excluding hydrogens is 370 g/mol. The molecule has 4 nitrogen and oxygen atoms in total. The Morgan fingerprint density at radius 3 is 2.00 bits per heavy atom. The van der Waals surface area contributed by atoms with Crippen molar-refractivity contribution in [2.75, 3.05) is 25.0 Å². The minimum Gasteiger partial charge on any atom is -0.507 e. The number of phenolic OH excluding ortho intramolecular Hbond substituents is 1. The summed E-state index contributed by atoms with van der Waals surface area (Å²) in [5.74, 6) is 0.742. The Hall–Kier alpha value is -0.250. The summed E-state index contributed by atoms with van der Waals surface area (Å²) in [7, 11) is -3.36. The molecule has 0 spiro atoms. The summed E-state index contributed by atoms with van der Waals surface area (Å²) in [6.07, 6.45) is 0.122. The molecule has 0 aliphatic rings. The van der Waals surface area contributed by atoms with Crippen molar-refractivity contribution < 1.29 is 18.7 Å². The first-order valence-corrected chi connectivity index (χ1v) is 10.7. The molecule has 1 rings (SSSR count). The Labute approximate surface area is 155 Å². The average molecular weight is 397 g/mol. The van der Waals surface area contributed by atoms with E-state index in [-0.39, 0.29) is 42.3 Å². The van der Waals surface area contributed by atoms with Crippen LogP contribution in [0.4, 0.5) is 0 Å². The number of aromatic hydroxyl groups is 1. The van der Waals surface area contributed by atoms with Crippen LogP contribution in [0, 0.1) is 13.8 Å². The molecule has 0 fully saturated rings. The van der Waals surface area contributed by atoms with E-state index in [0.717, 1.165) is 22.3 Å². The summed E-state index contributed by atoms with van der Waals surface area (Å²) in [6.45, 7) is 10.1. The van der Waals surface area contributed by atoms with Gasteiger partial charge in [0.15, 0.2) is 0 Å². The SMILES string of the molecule is Cc1c(CP(=O)(OCCCl)OCCCl)cc(C(C)(C)C)c(O)c1C. The van der Waals surface area contributed by atoms with Crippen LogP contribution in [0.2, 0.25) is 0 Å². The van der Waals surface area contributed by atoms with Crippen LogP contribution < -0.4 is 0 Å². The van der Waals surface area contributed by atoms with Gasteiger partial charge >= 0.3 is 7.60 Å². The Bertz CT molecular complexity index is 600. The molecule has 0 heterocycles. The molecule has 138 valence electrons. The lowest BCUT2D eigenvalue weighted by molar-refractivity contribution is 0.221. The molecule has 0 bridgehead atoms. The standard InChI is InChI=1S/C17H27Cl2O4P/c1-12-13(2)16(20)15(17(3,4)5)10-14(12)11-24(21,22-8-6-18)23-9-7-19/h10,20H,6-9,11H2,1-5H3. The Morgan fingerprint density at radius 1 is 1.08 bits per heavy atom. The van der Waals surface area contributed by atoms with Gasteiger partial charge in [0.2, 0.25) is 0 Å². The molecule has 0 unspecified atom stereocenters. The fourth-order valence-corrected chi connectivity index (χ4v) is 4.50. The zero-order valence-electron chi connectivity index (χ0n) is 15.0. The van der Waals surface area contributed by atoms with Gasteiger partial charge in [-0.1, -0.05) is 26.8 Å². The van der Waals surface area contributed by atoms with Crippen molar-refractivity contribution in [1.29, 1.82) is 0 Å². The molecule has 1 aromatic carbocycles. The predicted molar refractivity (Wildman–Crippen MR) is 101 cm³/mol. The van der Waals surface area contributed by atoms with Gasteiger partial charge in [0, 0.05) is 11.8 Å². The summed E-state index contributed by atoms with van der Waals surface area (Å²) in [4.78, 5) is 0. The third-order valence-corrected chi connectivity index (χ3v) is 6.06. The van der Waals surface area contributed by atoms with E-state index in [1.165, 1.54) is 0 Å². The maximum absolute atomic E-state index is 13.0. The molecule has 0 atom stereocenters. The molecule has 0 saturated heterocycles. The van der Waals surface area contributed by atoms with Crippen molar-refractivity contribution >= 4 is 30.8 Å². The molecule has 0 saturated carbocycles. The largest absolute Gasteiger partial charge is 0.507 e. The first kappa shape index (κ1) is 21.8. The van der Waals surface area contributed by atoms with Crippen molar-refractivity contribution in [3.05, 3.63) is 28.3 Å². The lowest BCUT2D eigenvalue weighted by Gasteiger charge is -2.25. The number of rotatable bonds is 8. The lowest BCUT2D eigenvalue weighted by atomic mass is 9.83. The molecule has 1 aromatic rings. The summed E-state index contributed by atoms with van der Waals surface area (Å²) in [5.41, 5.74) is 3.06. The van der Waals surface area contributed by atoms with Crippen LogP contribution in [0.5, 0.6) is 5.75 Å². The van der Waals surface area contributed by atoms with E-state index in [2.05, 4.69) is 0 Å². The molecule has 0 radical (unpaired) electrons. The number of benzene rings is 1. The monoisotopic (exact) mass is 396 g/mol. The second kappa shape index (κ2) is 8.91. The first-order chi connectivity index (χ1) is 11.1. The van der Waals surface area contributed by atoms with Crippen molar-refractivity contribution in [2.45, 2.75) is 46.2 Å². The summed E-state index contributed by atoms with van der Waals surface area (Å²) >= 11 is 11.3. The molecule has 0 aliphatic heterocycles. The van der Waals surface area contributed by atoms with Crippen molar-refractivity contribution in [3.8, 4) is 5.75 Å². The van der Waals surface area contributed by atoms with E-state index in [4.69, 9.17) is 32.2 Å². The number of hydrogen-bond donors (Lipinski definition) is 1. The van der Waals surface area contributed by atoms with Crippen LogP contribution in [0.3, 0.4) is 0 Å². The van der Waals surface area contributed by atoms with Crippen LogP contribution in [0.25, 0.3) is 0 Å². The second-order valence-corrected chi connectivity index (χ2v) is 9.56. The van der Waals surface area contributed by atoms with E-state index in [1.807, 2.05) is 40.7 Å². The van der Waals surface area contributed by atoms with E-state index >= 15 is 0 Å². The fraction of sp³-hybridized carbons (Fsp3) is 0.647. The van der Waals surface area contributed by atoms with Crippen LogP contribution in [-0.2, 0) is 25.2 Å². The van der Waals surface area contributed by atoms with Gasteiger partial charge in [-0.15, -0.1) is 23.2 Å². The summed E-state index contributed by atoms with van der Waals surface area (Å²) in [6, 6.07) is 1.89. The topological polar surface area (TPSA) is 55.8 Å². The van der Waals surface area contributed by atoms with Gasteiger partial charge in [-0.25, -0.2) is 0 Å². The minimum atomic E-state index is -3.36. The van der Waals surface area contributed by atoms with Crippen molar-refractivity contribution in [1.82, 2.24) is 0 Å². The van der Waals surface area contributed by atoms with Crippen LogP contribution in [-0.4, -0.2) is 30.1 Å². The minimum absolute atomic E-state index is 0.122. The highest BCUT2D eigenvalue weighted by Crippen LogP contribution is 2.52. The van der Waals surface area contributed by atoms with Crippen molar-refractivity contribution in [2.24, 2.45) is 0 Å². The van der Waals surface area contributed by atoms with Gasteiger partial charge in [-0.3, -0.25) is 4.57 Å². The third kappa shape index (κ3) is 5.64. The van der Waals surface area contributed by atoms with Crippen molar-refractivity contribution in [3.63, 3.8) is 0 Å². The highest BCUT2D eigenvalue weighted by Gasteiger charge is 2.29. The van der Waals surface area contributed by atoms with Gasteiger partial charge in [0.25, 0.3) is 0 Å². The van der Waals surface area contributed by atoms with Crippen LogP contribution >= 0.6 is 30.8 Å². The number of halogens is 2. The number of alkyl halides is 2. The normalized spacial score (nSPS) is 12.6. The average Bonchev–Trinajstić information content (AvgIpc) is 2.50. The highest BCUT2D eigenvalue weighted by molar-refractivity contribution is 7.53. The first-order valence-electron chi connectivity index (χ1n) is 7.88. The maximum atomic E-state index is 13.0. The van der Waals surface area contributed by atoms with Gasteiger partial charge in [0.05, 0.1) is 19.4 Å². The second-order valence-electron chi connectivity index (χ2n) is 6.75. The van der Waals surface area contributed by atoms with Gasteiger partial charge in [-0.2, -0.15) is 0 Å². The molecule has 1 N–H and O–H groups in total. The Balaban J connectivity index is 3.28. The molecular formula is C17H27Cl2O4P. The van der Waals surface area contributed by atoms with Gasteiger partial charge in [-0.05, 0) is 41.5 Å². The highest BCUT2D eigenvalue weighted by atomic mass is 35.5. The van der Waals surface area contributed by atoms with E-state index in [0.29, 0.717) is 0 Å². The van der Waals surface area contributed by atoms with Gasteiger partial charge in [0.1, 0.15) is 5.75 Å². The van der Waals surface area contributed by atoms with E-state index in [9.17, 15) is 9.67 Å². The van der Waals surface area contributed by atoms with E-state index in [1.54, 1.807) is 0 Å². The van der Waals surface area contributed by atoms with Crippen LogP contribution in [0.15, 0.2) is 6.07 Å².